The van der Waals surface area contributed by atoms with E-state index in [1.54, 1.807) is 6.92 Å². The minimum atomic E-state index is -0.362. The highest BCUT2D eigenvalue weighted by atomic mass is 35.5. The number of cyclic esters (lactones) is 1. The summed E-state index contributed by atoms with van der Waals surface area (Å²) in [6, 6.07) is -0.362. The van der Waals surface area contributed by atoms with Gasteiger partial charge in [-0.1, -0.05) is 13.8 Å². The number of nitrogens with zero attached hydrogens (tertiary/aromatic N) is 1. The average molecular weight is 178 g/mol. The van der Waals surface area contributed by atoms with Crippen LogP contribution >= 0.6 is 11.6 Å². The van der Waals surface area contributed by atoms with Gasteiger partial charge >= 0.3 is 5.97 Å². The lowest BCUT2D eigenvalue weighted by Gasteiger charge is -1.90. The van der Waals surface area contributed by atoms with Crippen LogP contribution in [0.3, 0.4) is 0 Å². The molecular formula is C7H12ClNO2. The van der Waals surface area contributed by atoms with Crippen molar-refractivity contribution in [2.45, 2.75) is 26.8 Å². The topological polar surface area (TPSA) is 38.7 Å². The molecule has 0 aliphatic carbocycles. The van der Waals surface area contributed by atoms with Crippen LogP contribution in [0, 0.1) is 0 Å². The molecule has 0 amide bonds. The fourth-order valence-electron chi connectivity index (χ4n) is 0.558. The van der Waals surface area contributed by atoms with Gasteiger partial charge < -0.3 is 4.74 Å². The van der Waals surface area contributed by atoms with Crippen molar-refractivity contribution < 1.29 is 9.53 Å². The van der Waals surface area contributed by atoms with Crippen LogP contribution in [-0.4, -0.2) is 23.8 Å². The smallest absolute Gasteiger partial charge is 0.337 e. The van der Waals surface area contributed by atoms with E-state index in [0.29, 0.717) is 5.90 Å². The number of hydrogen-bond acceptors (Lipinski definition) is 3. The van der Waals surface area contributed by atoms with Gasteiger partial charge in [-0.15, -0.1) is 11.6 Å². The molecule has 1 aliphatic heterocycles. The van der Waals surface area contributed by atoms with Crippen LogP contribution in [-0.2, 0) is 9.53 Å². The standard InChI is InChI=1S/C5H6ClNO2.C2H6/c1-3-5(8)9-4(2-6)7-3;1-2/h3H,2H2,1H3;1-2H3. The highest BCUT2D eigenvalue weighted by Crippen LogP contribution is 2.05. The van der Waals surface area contributed by atoms with Crippen molar-refractivity contribution >= 4 is 23.5 Å². The van der Waals surface area contributed by atoms with Crippen molar-refractivity contribution in [3.8, 4) is 0 Å². The van der Waals surface area contributed by atoms with Gasteiger partial charge in [-0.3, -0.25) is 0 Å². The SMILES string of the molecule is CC.CC1N=C(CCl)OC1=O. The first-order valence-corrected chi connectivity index (χ1v) is 4.12. The molecule has 1 unspecified atom stereocenters. The quantitative estimate of drug-likeness (QED) is 0.451. The van der Waals surface area contributed by atoms with Crippen LogP contribution < -0.4 is 0 Å². The maximum atomic E-state index is 10.5. The molecule has 0 aromatic rings. The van der Waals surface area contributed by atoms with E-state index in [1.807, 2.05) is 13.8 Å². The van der Waals surface area contributed by atoms with Gasteiger partial charge in [0.05, 0.1) is 5.88 Å². The van der Waals surface area contributed by atoms with Gasteiger partial charge in [0.25, 0.3) is 0 Å². The third-order valence-corrected chi connectivity index (χ3v) is 1.24. The molecule has 64 valence electrons. The van der Waals surface area contributed by atoms with Crippen molar-refractivity contribution in [2.75, 3.05) is 5.88 Å². The third-order valence-electron chi connectivity index (χ3n) is 1.01. The molecule has 1 heterocycles. The van der Waals surface area contributed by atoms with Gasteiger partial charge in [0.15, 0.2) is 0 Å². The molecule has 0 fully saturated rings. The molecule has 1 rings (SSSR count). The first kappa shape index (κ1) is 10.4. The summed E-state index contributed by atoms with van der Waals surface area (Å²) in [6.45, 7) is 5.67. The van der Waals surface area contributed by atoms with Gasteiger partial charge in [-0.05, 0) is 6.92 Å². The fourth-order valence-corrected chi connectivity index (χ4v) is 0.682. The average Bonchev–Trinajstić information content (AvgIpc) is 2.36. The van der Waals surface area contributed by atoms with Crippen molar-refractivity contribution in [3.63, 3.8) is 0 Å². The zero-order chi connectivity index (χ0) is 8.85. The molecule has 0 radical (unpaired) electrons. The molecule has 11 heavy (non-hydrogen) atoms. The summed E-state index contributed by atoms with van der Waals surface area (Å²) in [7, 11) is 0. The van der Waals surface area contributed by atoms with Crippen molar-refractivity contribution in [1.82, 2.24) is 0 Å². The number of halogens is 1. The Kier molecular flexibility index (Phi) is 4.86. The monoisotopic (exact) mass is 177 g/mol. The van der Waals surface area contributed by atoms with Crippen molar-refractivity contribution in [1.29, 1.82) is 0 Å². The molecule has 4 heteroatoms. The zero-order valence-corrected chi connectivity index (χ0v) is 7.68. The first-order valence-electron chi connectivity index (χ1n) is 3.58. The number of aliphatic imine (C=N–C) groups is 1. The molecule has 0 N–H and O–H groups in total. The summed E-state index contributed by atoms with van der Waals surface area (Å²) in [4.78, 5) is 14.3. The number of rotatable bonds is 1. The van der Waals surface area contributed by atoms with Gasteiger partial charge in [-0.25, -0.2) is 9.79 Å². The molecule has 1 atom stereocenters. The Morgan fingerprint density at radius 2 is 2.18 bits per heavy atom. The molecular weight excluding hydrogens is 166 g/mol. The summed E-state index contributed by atoms with van der Waals surface area (Å²) in [5, 5.41) is 0. The molecule has 1 aliphatic rings. The first-order chi connectivity index (χ1) is 5.24. The van der Waals surface area contributed by atoms with Crippen LogP contribution in [0.5, 0.6) is 0 Å². The summed E-state index contributed by atoms with van der Waals surface area (Å²) in [6.07, 6.45) is 0. The zero-order valence-electron chi connectivity index (χ0n) is 6.93. The number of alkyl halides is 1. The Hall–Kier alpha value is -0.570. The number of hydrogen-bond donors (Lipinski definition) is 0. The van der Waals surface area contributed by atoms with E-state index in [9.17, 15) is 4.79 Å². The van der Waals surface area contributed by atoms with Gasteiger partial charge in [0, 0.05) is 0 Å². The van der Waals surface area contributed by atoms with Crippen molar-refractivity contribution in [2.24, 2.45) is 4.99 Å². The molecule has 0 saturated carbocycles. The molecule has 0 saturated heterocycles. The molecule has 0 aromatic heterocycles. The van der Waals surface area contributed by atoms with E-state index < -0.39 is 0 Å². The number of ether oxygens (including phenoxy) is 1. The normalized spacial score (nSPS) is 21.6. The van der Waals surface area contributed by atoms with E-state index in [2.05, 4.69) is 9.73 Å². The Morgan fingerprint density at radius 1 is 1.64 bits per heavy atom. The highest BCUT2D eigenvalue weighted by Gasteiger charge is 2.23. The van der Waals surface area contributed by atoms with Crippen LogP contribution in [0.25, 0.3) is 0 Å². The number of carbonyl (C=O) groups is 1. The van der Waals surface area contributed by atoms with Crippen molar-refractivity contribution in [3.05, 3.63) is 0 Å². The minimum Gasteiger partial charge on any atom is -0.409 e. The second kappa shape index (κ2) is 5.13. The summed E-state index contributed by atoms with van der Waals surface area (Å²) in [5.74, 6) is 0.190. The second-order valence-corrected chi connectivity index (χ2v) is 2.02. The number of esters is 1. The predicted molar refractivity (Wildman–Crippen MR) is 45.1 cm³/mol. The van der Waals surface area contributed by atoms with E-state index in [0.717, 1.165) is 0 Å². The lowest BCUT2D eigenvalue weighted by Crippen LogP contribution is -2.10. The van der Waals surface area contributed by atoms with Crippen LogP contribution in [0.1, 0.15) is 20.8 Å². The lowest BCUT2D eigenvalue weighted by molar-refractivity contribution is -0.134. The van der Waals surface area contributed by atoms with Gasteiger partial charge in [-0.2, -0.15) is 0 Å². The predicted octanol–water partition coefficient (Wildman–Crippen LogP) is 1.60. The van der Waals surface area contributed by atoms with E-state index in [4.69, 9.17) is 11.6 Å². The van der Waals surface area contributed by atoms with Crippen LogP contribution in [0.2, 0.25) is 0 Å². The fraction of sp³-hybridized carbons (Fsp3) is 0.714. The lowest BCUT2D eigenvalue weighted by atomic mass is 10.4. The van der Waals surface area contributed by atoms with E-state index >= 15 is 0 Å². The molecule has 0 bridgehead atoms. The van der Waals surface area contributed by atoms with E-state index in [1.165, 1.54) is 0 Å². The third kappa shape index (κ3) is 2.89. The summed E-state index contributed by atoms with van der Waals surface area (Å²) < 4.78 is 4.60. The Bertz CT molecular complexity index is 168. The largest absolute Gasteiger partial charge is 0.409 e. The summed E-state index contributed by atoms with van der Waals surface area (Å²) in [5.41, 5.74) is 0. The van der Waals surface area contributed by atoms with E-state index in [-0.39, 0.29) is 17.9 Å². The van der Waals surface area contributed by atoms with Gasteiger partial charge in [0.2, 0.25) is 5.90 Å². The number of carbonyl (C=O) groups excluding carboxylic acids is 1. The molecule has 0 aromatic carbocycles. The van der Waals surface area contributed by atoms with Gasteiger partial charge in [0.1, 0.15) is 6.04 Å². The second-order valence-electron chi connectivity index (χ2n) is 1.75. The Balaban J connectivity index is 0.000000461. The maximum Gasteiger partial charge on any atom is 0.337 e. The maximum absolute atomic E-state index is 10.5. The van der Waals surface area contributed by atoms with Crippen LogP contribution in [0.4, 0.5) is 0 Å². The summed E-state index contributed by atoms with van der Waals surface area (Å²) >= 11 is 5.33. The Labute approximate surface area is 71.4 Å². The molecule has 0 spiro atoms. The Morgan fingerprint density at radius 3 is 2.36 bits per heavy atom. The minimum absolute atomic E-state index is 0.177. The molecule has 3 nitrogen and oxygen atoms in total. The highest BCUT2D eigenvalue weighted by molar-refractivity contribution is 6.28. The van der Waals surface area contributed by atoms with Crippen LogP contribution in [0.15, 0.2) is 4.99 Å².